The first kappa shape index (κ1) is 13.8. The molecule has 3 heteroatoms. The van der Waals surface area contributed by atoms with Gasteiger partial charge in [-0.05, 0) is 30.5 Å². The Morgan fingerprint density at radius 3 is 2.31 bits per heavy atom. The highest BCUT2D eigenvalue weighted by Crippen LogP contribution is 2.38. The molecule has 0 amide bonds. The maximum Gasteiger partial charge on any atom is 0.110 e. The van der Waals surface area contributed by atoms with Gasteiger partial charge in [0.25, 0.3) is 0 Å². The van der Waals surface area contributed by atoms with Crippen LogP contribution in [0.25, 0.3) is 0 Å². The molecule has 0 aliphatic rings. The van der Waals surface area contributed by atoms with E-state index in [1.807, 2.05) is 41.2 Å². The fourth-order valence-electron chi connectivity index (χ4n) is 2.17. The van der Waals surface area contributed by atoms with Crippen molar-refractivity contribution in [2.45, 2.75) is 45.1 Å². The van der Waals surface area contributed by atoms with Crippen LogP contribution in [0.1, 0.15) is 45.1 Å². The first-order valence-electron chi connectivity index (χ1n) is 5.84. The summed E-state index contributed by atoms with van der Waals surface area (Å²) in [6, 6.07) is 8.06. The number of rotatable bonds is 6. The van der Waals surface area contributed by atoms with E-state index in [1.54, 1.807) is 0 Å². The van der Waals surface area contributed by atoms with E-state index >= 15 is 0 Å². The Morgan fingerprint density at radius 1 is 1.25 bits per heavy atom. The molecule has 1 aromatic carbocycles. The summed E-state index contributed by atoms with van der Waals surface area (Å²) in [5, 5.41) is 0. The van der Waals surface area contributed by atoms with Crippen molar-refractivity contribution in [2.75, 3.05) is 5.73 Å². The molecule has 0 saturated heterocycles. The van der Waals surface area contributed by atoms with Crippen LogP contribution in [0.15, 0.2) is 24.3 Å². The second-order valence-corrected chi connectivity index (χ2v) is 4.64. The van der Waals surface area contributed by atoms with Crippen LogP contribution in [0, 0.1) is 0 Å². The molecule has 0 fully saturated rings. The van der Waals surface area contributed by atoms with Crippen LogP contribution in [0.4, 0.5) is 5.69 Å². The molecule has 1 aromatic rings. The molecule has 0 spiro atoms. The third-order valence-corrected chi connectivity index (χ3v) is 3.71. The summed E-state index contributed by atoms with van der Waals surface area (Å²) in [5.41, 5.74) is 7.68. The molecular formula is C13H20INO. The van der Waals surface area contributed by atoms with E-state index in [4.69, 9.17) is 8.80 Å². The Bertz CT molecular complexity index is 321. The van der Waals surface area contributed by atoms with Crippen LogP contribution in [0.5, 0.6) is 0 Å². The standard InChI is InChI=1S/C13H20INO/c1-3-8-13(16-14,9-4-2)11-6-5-7-12(15)10-11/h5-7,10H,3-4,8-9,15H2,1-2H3. The fourth-order valence-corrected chi connectivity index (χ4v) is 2.86. The molecule has 0 saturated carbocycles. The Labute approximate surface area is 112 Å². The van der Waals surface area contributed by atoms with Gasteiger partial charge in [-0.25, -0.2) is 0 Å². The summed E-state index contributed by atoms with van der Waals surface area (Å²) < 4.78 is 5.77. The molecule has 0 unspecified atom stereocenters. The molecule has 0 atom stereocenters. The predicted molar refractivity (Wildman–Crippen MR) is 77.5 cm³/mol. The molecule has 16 heavy (non-hydrogen) atoms. The van der Waals surface area contributed by atoms with Gasteiger partial charge in [-0.15, -0.1) is 0 Å². The van der Waals surface area contributed by atoms with E-state index in [2.05, 4.69) is 19.9 Å². The molecule has 0 aliphatic carbocycles. The van der Waals surface area contributed by atoms with Crippen molar-refractivity contribution in [3.8, 4) is 0 Å². The first-order chi connectivity index (χ1) is 7.68. The van der Waals surface area contributed by atoms with E-state index < -0.39 is 0 Å². The summed E-state index contributed by atoms with van der Waals surface area (Å²) >= 11 is 2.02. The first-order valence-corrected chi connectivity index (χ1v) is 6.72. The Kier molecular flexibility index (Phi) is 5.55. The van der Waals surface area contributed by atoms with E-state index in [-0.39, 0.29) is 5.60 Å². The maximum atomic E-state index is 5.84. The van der Waals surface area contributed by atoms with Crippen molar-refractivity contribution < 1.29 is 3.07 Å². The van der Waals surface area contributed by atoms with Crippen molar-refractivity contribution in [1.29, 1.82) is 0 Å². The highest BCUT2D eigenvalue weighted by Gasteiger charge is 2.31. The van der Waals surface area contributed by atoms with E-state index in [9.17, 15) is 0 Å². The Hall–Kier alpha value is -0.290. The third-order valence-electron chi connectivity index (χ3n) is 2.87. The molecule has 0 aromatic heterocycles. The van der Waals surface area contributed by atoms with Crippen LogP contribution in [0.3, 0.4) is 0 Å². The van der Waals surface area contributed by atoms with Gasteiger partial charge in [0.2, 0.25) is 0 Å². The Balaban J connectivity index is 3.07. The minimum Gasteiger partial charge on any atom is -0.399 e. The average molecular weight is 333 g/mol. The highest BCUT2D eigenvalue weighted by molar-refractivity contribution is 14.1. The smallest absolute Gasteiger partial charge is 0.110 e. The lowest BCUT2D eigenvalue weighted by molar-refractivity contribution is 0.0984. The summed E-state index contributed by atoms with van der Waals surface area (Å²) in [7, 11) is 0. The quantitative estimate of drug-likeness (QED) is 0.617. The number of halogens is 1. The molecule has 90 valence electrons. The van der Waals surface area contributed by atoms with Gasteiger partial charge >= 0.3 is 0 Å². The van der Waals surface area contributed by atoms with E-state index in [0.717, 1.165) is 31.4 Å². The van der Waals surface area contributed by atoms with Crippen LogP contribution in [-0.4, -0.2) is 0 Å². The van der Waals surface area contributed by atoms with Crippen molar-refractivity contribution in [3.63, 3.8) is 0 Å². The normalized spacial score (nSPS) is 11.7. The third kappa shape index (κ3) is 3.10. The lowest BCUT2D eigenvalue weighted by Crippen LogP contribution is -2.26. The molecule has 0 aliphatic heterocycles. The van der Waals surface area contributed by atoms with Gasteiger partial charge in [-0.2, -0.15) is 0 Å². The molecule has 2 N–H and O–H groups in total. The van der Waals surface area contributed by atoms with Crippen molar-refractivity contribution in [2.24, 2.45) is 0 Å². The van der Waals surface area contributed by atoms with E-state index in [1.165, 1.54) is 5.56 Å². The van der Waals surface area contributed by atoms with Gasteiger partial charge in [0, 0.05) is 5.69 Å². The number of benzene rings is 1. The van der Waals surface area contributed by atoms with Gasteiger partial charge in [-0.3, -0.25) is 0 Å². The number of nitrogens with two attached hydrogens (primary N) is 1. The number of anilines is 1. The van der Waals surface area contributed by atoms with Crippen molar-refractivity contribution in [1.82, 2.24) is 0 Å². The minimum atomic E-state index is -0.167. The zero-order valence-corrected chi connectivity index (χ0v) is 12.2. The zero-order valence-electron chi connectivity index (χ0n) is 10.0. The molecule has 1 rings (SSSR count). The summed E-state index contributed by atoms with van der Waals surface area (Å²) in [6.45, 7) is 4.37. The van der Waals surface area contributed by atoms with Gasteiger partial charge in [0.1, 0.15) is 28.6 Å². The van der Waals surface area contributed by atoms with Crippen LogP contribution >= 0.6 is 23.0 Å². The zero-order chi connectivity index (χ0) is 12.0. The lowest BCUT2D eigenvalue weighted by atomic mass is 9.85. The fraction of sp³-hybridized carbons (Fsp3) is 0.538. The number of hydrogen-bond donors (Lipinski definition) is 1. The van der Waals surface area contributed by atoms with Crippen LogP contribution < -0.4 is 5.73 Å². The summed E-state index contributed by atoms with van der Waals surface area (Å²) in [4.78, 5) is 0. The van der Waals surface area contributed by atoms with E-state index in [0.29, 0.717) is 0 Å². The minimum absolute atomic E-state index is 0.167. The summed E-state index contributed by atoms with van der Waals surface area (Å²) in [6.07, 6.45) is 4.29. The molecule has 0 radical (unpaired) electrons. The van der Waals surface area contributed by atoms with Crippen molar-refractivity contribution >= 4 is 28.7 Å². The molecular weight excluding hydrogens is 313 g/mol. The monoisotopic (exact) mass is 333 g/mol. The van der Waals surface area contributed by atoms with Gasteiger partial charge in [0.05, 0.1) is 0 Å². The van der Waals surface area contributed by atoms with Gasteiger partial charge in [0.15, 0.2) is 0 Å². The largest absolute Gasteiger partial charge is 0.399 e. The topological polar surface area (TPSA) is 35.2 Å². The van der Waals surface area contributed by atoms with Crippen molar-refractivity contribution in [3.05, 3.63) is 29.8 Å². The summed E-state index contributed by atoms with van der Waals surface area (Å²) in [5.74, 6) is 0. The predicted octanol–water partition coefficient (Wildman–Crippen LogP) is 4.43. The second-order valence-electron chi connectivity index (χ2n) is 4.20. The van der Waals surface area contributed by atoms with Gasteiger partial charge < -0.3 is 8.80 Å². The number of nitrogen functional groups attached to an aromatic ring is 1. The van der Waals surface area contributed by atoms with Crippen LogP contribution in [-0.2, 0) is 8.67 Å². The Morgan fingerprint density at radius 2 is 1.88 bits per heavy atom. The molecule has 2 nitrogen and oxygen atoms in total. The SMILES string of the molecule is CCCC(CCC)(OI)c1cccc(N)c1. The van der Waals surface area contributed by atoms with Crippen LogP contribution in [0.2, 0.25) is 0 Å². The molecule has 0 heterocycles. The average Bonchev–Trinajstić information content (AvgIpc) is 2.28. The molecule has 0 bridgehead atoms. The highest BCUT2D eigenvalue weighted by atomic mass is 127. The lowest BCUT2D eigenvalue weighted by Gasteiger charge is -2.31. The second kappa shape index (κ2) is 6.45. The maximum absolute atomic E-state index is 5.84. The number of hydrogen-bond acceptors (Lipinski definition) is 2. The van der Waals surface area contributed by atoms with Gasteiger partial charge in [-0.1, -0.05) is 38.8 Å².